The maximum absolute atomic E-state index is 13.3. The zero-order valence-electron chi connectivity index (χ0n) is 13.2. The Labute approximate surface area is 137 Å². The molecule has 0 aliphatic heterocycles. The number of allylic oxidation sites excluding steroid dienone is 2. The largest absolute Gasteiger partial charge is 0.294 e. The van der Waals surface area contributed by atoms with E-state index in [0.717, 1.165) is 31.2 Å². The Morgan fingerprint density at radius 3 is 2.61 bits per heavy atom. The fraction of sp³-hybridized carbons (Fsp3) is 0.318. The van der Waals surface area contributed by atoms with Crippen molar-refractivity contribution in [1.29, 1.82) is 0 Å². The molecule has 0 heterocycles. The standard InChI is InChI=1S/C22H20O/c23-21-20-9-7-17(16-4-2-1-3-5-16)13-18(20)10-11-22(21)14-15-6-8-19(22)12-15/h1-7,9,13,19H,8,10-12,14H2. The van der Waals surface area contributed by atoms with Gasteiger partial charge < -0.3 is 0 Å². The fourth-order valence-electron chi connectivity index (χ4n) is 5.04. The lowest BCUT2D eigenvalue weighted by Crippen LogP contribution is -2.39. The average molecular weight is 300 g/mol. The van der Waals surface area contributed by atoms with Crippen LogP contribution in [0.3, 0.4) is 0 Å². The first-order valence-electron chi connectivity index (χ1n) is 8.67. The van der Waals surface area contributed by atoms with Crippen molar-refractivity contribution in [2.45, 2.75) is 32.1 Å². The van der Waals surface area contributed by atoms with Gasteiger partial charge in [-0.15, -0.1) is 0 Å². The van der Waals surface area contributed by atoms with Crippen molar-refractivity contribution in [2.75, 3.05) is 0 Å². The summed E-state index contributed by atoms with van der Waals surface area (Å²) in [5.74, 6) is 0.999. The molecule has 5 rings (SSSR count). The van der Waals surface area contributed by atoms with E-state index in [4.69, 9.17) is 0 Å². The van der Waals surface area contributed by atoms with E-state index >= 15 is 0 Å². The molecule has 23 heavy (non-hydrogen) atoms. The molecule has 1 spiro atoms. The van der Waals surface area contributed by atoms with Crippen LogP contribution < -0.4 is 0 Å². The Hall–Kier alpha value is -2.15. The van der Waals surface area contributed by atoms with Crippen LogP contribution in [-0.2, 0) is 6.42 Å². The summed E-state index contributed by atoms with van der Waals surface area (Å²) in [6, 6.07) is 16.9. The van der Waals surface area contributed by atoms with Gasteiger partial charge in [0, 0.05) is 11.0 Å². The lowest BCUT2D eigenvalue weighted by Gasteiger charge is -2.38. The SMILES string of the molecule is O=C1c2ccc(-c3ccccc3)cc2CCC12CC1=CCC2C1. The summed E-state index contributed by atoms with van der Waals surface area (Å²) in [4.78, 5) is 13.3. The van der Waals surface area contributed by atoms with Gasteiger partial charge in [-0.1, -0.05) is 60.2 Å². The molecule has 0 radical (unpaired) electrons. The zero-order chi connectivity index (χ0) is 15.4. The highest BCUT2D eigenvalue weighted by atomic mass is 16.1. The van der Waals surface area contributed by atoms with Crippen LogP contribution in [0.1, 0.15) is 41.6 Å². The van der Waals surface area contributed by atoms with Crippen LogP contribution in [0.5, 0.6) is 0 Å². The summed E-state index contributed by atoms with van der Waals surface area (Å²) in [6.07, 6.45) is 7.78. The minimum atomic E-state index is -0.0641. The number of hydrogen-bond acceptors (Lipinski definition) is 1. The lowest BCUT2D eigenvalue weighted by molar-refractivity contribution is 0.0671. The van der Waals surface area contributed by atoms with Crippen LogP contribution in [0, 0.1) is 11.3 Å². The minimum Gasteiger partial charge on any atom is -0.294 e. The number of carbonyl (C=O) groups is 1. The Morgan fingerprint density at radius 2 is 1.87 bits per heavy atom. The summed E-state index contributed by atoms with van der Waals surface area (Å²) >= 11 is 0. The molecule has 0 aromatic heterocycles. The highest BCUT2D eigenvalue weighted by Crippen LogP contribution is 2.58. The Morgan fingerprint density at radius 1 is 1.00 bits per heavy atom. The van der Waals surface area contributed by atoms with Crippen molar-refractivity contribution < 1.29 is 4.79 Å². The van der Waals surface area contributed by atoms with E-state index in [9.17, 15) is 4.79 Å². The van der Waals surface area contributed by atoms with E-state index in [1.807, 2.05) is 6.07 Å². The number of rotatable bonds is 1. The summed E-state index contributed by atoms with van der Waals surface area (Å²) in [5, 5.41) is 0. The van der Waals surface area contributed by atoms with E-state index in [1.54, 1.807) is 0 Å². The normalized spacial score (nSPS) is 28.1. The number of aryl methyl sites for hydroxylation is 1. The second-order valence-corrected chi connectivity index (χ2v) is 7.40. The van der Waals surface area contributed by atoms with E-state index in [1.165, 1.54) is 28.7 Å². The van der Waals surface area contributed by atoms with Crippen LogP contribution in [-0.4, -0.2) is 5.78 Å². The number of ketones is 1. The van der Waals surface area contributed by atoms with Crippen molar-refractivity contribution in [3.8, 4) is 11.1 Å². The van der Waals surface area contributed by atoms with Gasteiger partial charge in [0.15, 0.2) is 5.78 Å². The molecule has 2 unspecified atom stereocenters. The summed E-state index contributed by atoms with van der Waals surface area (Å²) in [7, 11) is 0. The van der Waals surface area contributed by atoms with Crippen molar-refractivity contribution in [2.24, 2.45) is 11.3 Å². The monoisotopic (exact) mass is 300 g/mol. The van der Waals surface area contributed by atoms with Gasteiger partial charge in [0.1, 0.15) is 0 Å². The molecule has 1 fully saturated rings. The topological polar surface area (TPSA) is 17.1 Å². The zero-order valence-corrected chi connectivity index (χ0v) is 13.2. The molecule has 2 aromatic carbocycles. The van der Waals surface area contributed by atoms with Crippen molar-refractivity contribution in [1.82, 2.24) is 0 Å². The molecule has 3 aliphatic rings. The van der Waals surface area contributed by atoms with Crippen LogP contribution in [0.25, 0.3) is 11.1 Å². The number of Topliss-reactive ketones (excluding diaryl/α,β-unsaturated/α-hetero) is 1. The third kappa shape index (κ3) is 1.83. The second-order valence-electron chi connectivity index (χ2n) is 7.40. The van der Waals surface area contributed by atoms with E-state index in [-0.39, 0.29) is 5.41 Å². The molecule has 2 atom stereocenters. The summed E-state index contributed by atoms with van der Waals surface area (Å²) in [5.41, 5.74) is 6.16. The Bertz CT molecular complexity index is 830. The van der Waals surface area contributed by atoms with Gasteiger partial charge in [-0.25, -0.2) is 0 Å². The van der Waals surface area contributed by atoms with Gasteiger partial charge in [0.25, 0.3) is 0 Å². The molecule has 0 saturated heterocycles. The number of fused-ring (bicyclic) bond motifs is 4. The Kier molecular flexibility index (Phi) is 2.70. The first kappa shape index (κ1) is 13.3. The number of carbonyl (C=O) groups excluding carboxylic acids is 1. The van der Waals surface area contributed by atoms with Crippen LogP contribution >= 0.6 is 0 Å². The highest BCUT2D eigenvalue weighted by molar-refractivity contribution is 6.04. The van der Waals surface area contributed by atoms with Gasteiger partial charge >= 0.3 is 0 Å². The van der Waals surface area contributed by atoms with Crippen LogP contribution in [0.4, 0.5) is 0 Å². The quantitative estimate of drug-likeness (QED) is 0.661. The van der Waals surface area contributed by atoms with E-state index in [2.05, 4.69) is 48.5 Å². The van der Waals surface area contributed by atoms with Gasteiger partial charge in [0.2, 0.25) is 0 Å². The molecule has 2 bridgehead atoms. The minimum absolute atomic E-state index is 0.0641. The van der Waals surface area contributed by atoms with Gasteiger partial charge in [0.05, 0.1) is 0 Å². The molecule has 3 aliphatic carbocycles. The highest BCUT2D eigenvalue weighted by Gasteiger charge is 2.53. The molecule has 1 heteroatoms. The molecular weight excluding hydrogens is 280 g/mol. The predicted molar refractivity (Wildman–Crippen MR) is 92.4 cm³/mol. The first-order valence-corrected chi connectivity index (χ1v) is 8.67. The molecular formula is C22H20O. The smallest absolute Gasteiger partial charge is 0.169 e. The van der Waals surface area contributed by atoms with Crippen molar-refractivity contribution in [3.63, 3.8) is 0 Å². The molecule has 1 nitrogen and oxygen atoms in total. The molecule has 2 aromatic rings. The fourth-order valence-corrected chi connectivity index (χ4v) is 5.04. The number of hydrogen-bond donors (Lipinski definition) is 0. The molecule has 1 saturated carbocycles. The van der Waals surface area contributed by atoms with Crippen molar-refractivity contribution in [3.05, 3.63) is 71.3 Å². The van der Waals surface area contributed by atoms with Gasteiger partial charge in [-0.2, -0.15) is 0 Å². The van der Waals surface area contributed by atoms with Crippen molar-refractivity contribution >= 4 is 5.78 Å². The number of benzene rings is 2. The van der Waals surface area contributed by atoms with Crippen LogP contribution in [0.2, 0.25) is 0 Å². The van der Waals surface area contributed by atoms with Gasteiger partial charge in [-0.05, 0) is 54.7 Å². The predicted octanol–water partition coefficient (Wildman–Crippen LogP) is 5.21. The molecule has 114 valence electrons. The maximum Gasteiger partial charge on any atom is 0.169 e. The van der Waals surface area contributed by atoms with Gasteiger partial charge in [-0.3, -0.25) is 4.79 Å². The van der Waals surface area contributed by atoms with E-state index < -0.39 is 0 Å². The summed E-state index contributed by atoms with van der Waals surface area (Å²) in [6.45, 7) is 0. The van der Waals surface area contributed by atoms with E-state index in [0.29, 0.717) is 11.7 Å². The molecule has 0 N–H and O–H groups in total. The molecule has 0 amide bonds. The summed E-state index contributed by atoms with van der Waals surface area (Å²) < 4.78 is 0. The average Bonchev–Trinajstić information content (AvgIpc) is 3.21. The third-order valence-electron chi connectivity index (χ3n) is 6.27. The second kappa shape index (κ2) is 4.67. The first-order chi connectivity index (χ1) is 11.3. The third-order valence-corrected chi connectivity index (χ3v) is 6.27. The Balaban J connectivity index is 1.55. The van der Waals surface area contributed by atoms with Crippen LogP contribution in [0.15, 0.2) is 60.2 Å². The maximum atomic E-state index is 13.3. The lowest BCUT2D eigenvalue weighted by atomic mass is 9.63.